The number of nitrogens with zero attached hydrogens (tertiary/aromatic N) is 3. The van der Waals surface area contributed by atoms with Crippen molar-refractivity contribution >= 4 is 17.5 Å². The van der Waals surface area contributed by atoms with E-state index < -0.39 is 0 Å². The van der Waals surface area contributed by atoms with E-state index in [4.69, 9.17) is 21.1 Å². The molecule has 6 nitrogen and oxygen atoms in total. The summed E-state index contributed by atoms with van der Waals surface area (Å²) in [6, 6.07) is 10.6. The minimum absolute atomic E-state index is 0.00130. The fourth-order valence-corrected chi connectivity index (χ4v) is 2.77. The summed E-state index contributed by atoms with van der Waals surface area (Å²) in [5.41, 5.74) is 0.840. The summed E-state index contributed by atoms with van der Waals surface area (Å²) in [6.07, 6.45) is 1.69. The van der Waals surface area contributed by atoms with E-state index in [2.05, 4.69) is 10.2 Å². The van der Waals surface area contributed by atoms with Crippen molar-refractivity contribution in [2.75, 3.05) is 19.7 Å². The second kappa shape index (κ2) is 8.16. The molecule has 1 fully saturated rings. The number of carbonyl (C=O) groups is 1. The highest BCUT2D eigenvalue weighted by molar-refractivity contribution is 6.30. The Labute approximate surface area is 151 Å². The summed E-state index contributed by atoms with van der Waals surface area (Å²) in [5, 5.41) is 8.63. The standard InChI is InChI=1S/C18H20ClN3O3/c1-13-4-9-17(21-20-13)25-16-3-2-10-22(11-16)18(23)12-24-15-7-5-14(19)6-8-15/h4-9,16H,2-3,10-12H2,1H3. The van der Waals surface area contributed by atoms with Crippen molar-refractivity contribution in [1.29, 1.82) is 0 Å². The van der Waals surface area contributed by atoms with Crippen LogP contribution >= 0.6 is 11.6 Å². The van der Waals surface area contributed by atoms with E-state index in [0.717, 1.165) is 18.5 Å². The summed E-state index contributed by atoms with van der Waals surface area (Å²) >= 11 is 5.83. The number of hydrogen-bond acceptors (Lipinski definition) is 5. The molecule has 2 aromatic rings. The summed E-state index contributed by atoms with van der Waals surface area (Å²) in [7, 11) is 0. The van der Waals surface area contributed by atoms with E-state index in [0.29, 0.717) is 29.7 Å². The first-order valence-electron chi connectivity index (χ1n) is 8.23. The van der Waals surface area contributed by atoms with Crippen LogP contribution in [0.1, 0.15) is 18.5 Å². The number of piperidine rings is 1. The van der Waals surface area contributed by atoms with Crippen LogP contribution in [0.25, 0.3) is 0 Å². The Morgan fingerprint density at radius 2 is 2.04 bits per heavy atom. The molecular weight excluding hydrogens is 342 g/mol. The first-order chi connectivity index (χ1) is 12.1. The van der Waals surface area contributed by atoms with Crippen LogP contribution in [-0.4, -0.2) is 46.8 Å². The molecule has 1 amide bonds. The normalized spacial score (nSPS) is 17.2. The molecule has 132 valence electrons. The number of halogens is 1. The number of benzene rings is 1. The van der Waals surface area contributed by atoms with E-state index in [-0.39, 0.29) is 18.6 Å². The van der Waals surface area contributed by atoms with Crippen LogP contribution in [0, 0.1) is 6.92 Å². The molecule has 0 radical (unpaired) electrons. The zero-order valence-electron chi connectivity index (χ0n) is 14.0. The maximum absolute atomic E-state index is 12.4. The average Bonchev–Trinajstić information content (AvgIpc) is 2.63. The van der Waals surface area contributed by atoms with Crippen molar-refractivity contribution in [3.8, 4) is 11.6 Å². The summed E-state index contributed by atoms with van der Waals surface area (Å²) in [6.45, 7) is 3.11. The number of aromatic nitrogens is 2. The second-order valence-electron chi connectivity index (χ2n) is 5.98. The molecule has 1 aliphatic heterocycles. The van der Waals surface area contributed by atoms with Crippen LogP contribution in [0.5, 0.6) is 11.6 Å². The number of aryl methyl sites for hydroxylation is 1. The Morgan fingerprint density at radius 1 is 1.24 bits per heavy atom. The number of hydrogen-bond donors (Lipinski definition) is 0. The molecule has 0 saturated carbocycles. The van der Waals surface area contributed by atoms with Gasteiger partial charge in [-0.2, -0.15) is 5.10 Å². The molecule has 3 rings (SSSR count). The minimum Gasteiger partial charge on any atom is -0.484 e. The first kappa shape index (κ1) is 17.5. The number of carbonyl (C=O) groups excluding carboxylic acids is 1. The maximum atomic E-state index is 12.4. The highest BCUT2D eigenvalue weighted by atomic mass is 35.5. The van der Waals surface area contributed by atoms with Gasteiger partial charge in [-0.25, -0.2) is 0 Å². The lowest BCUT2D eigenvalue weighted by Crippen LogP contribution is -2.46. The molecule has 1 aliphatic rings. The van der Waals surface area contributed by atoms with Crippen molar-refractivity contribution in [1.82, 2.24) is 15.1 Å². The quantitative estimate of drug-likeness (QED) is 0.819. The molecule has 0 N–H and O–H groups in total. The molecule has 1 aromatic carbocycles. The summed E-state index contributed by atoms with van der Waals surface area (Å²) in [5.74, 6) is 1.05. The third kappa shape index (κ3) is 5.06. The molecule has 7 heteroatoms. The average molecular weight is 362 g/mol. The van der Waals surface area contributed by atoms with Gasteiger partial charge in [0.1, 0.15) is 11.9 Å². The predicted octanol–water partition coefficient (Wildman–Crippen LogP) is 2.89. The van der Waals surface area contributed by atoms with Gasteiger partial charge in [-0.3, -0.25) is 4.79 Å². The third-order valence-corrected chi connectivity index (χ3v) is 4.22. The predicted molar refractivity (Wildman–Crippen MR) is 93.9 cm³/mol. The molecule has 1 saturated heterocycles. The number of likely N-dealkylation sites (tertiary alicyclic amines) is 1. The van der Waals surface area contributed by atoms with E-state index in [1.165, 1.54) is 0 Å². The zero-order valence-corrected chi connectivity index (χ0v) is 14.8. The molecule has 0 bridgehead atoms. The van der Waals surface area contributed by atoms with Crippen LogP contribution in [0.3, 0.4) is 0 Å². The van der Waals surface area contributed by atoms with Gasteiger partial charge in [-0.1, -0.05) is 11.6 Å². The van der Waals surface area contributed by atoms with Crippen LogP contribution in [0.4, 0.5) is 0 Å². The molecule has 1 unspecified atom stereocenters. The lowest BCUT2D eigenvalue weighted by Gasteiger charge is -2.32. The van der Waals surface area contributed by atoms with Gasteiger partial charge in [0, 0.05) is 17.6 Å². The number of rotatable bonds is 5. The Balaban J connectivity index is 1.50. The van der Waals surface area contributed by atoms with Gasteiger partial charge in [-0.05, 0) is 50.1 Å². The summed E-state index contributed by atoms with van der Waals surface area (Å²) < 4.78 is 11.4. The van der Waals surface area contributed by atoms with E-state index >= 15 is 0 Å². The van der Waals surface area contributed by atoms with Crippen LogP contribution < -0.4 is 9.47 Å². The summed E-state index contributed by atoms with van der Waals surface area (Å²) in [4.78, 5) is 14.1. The van der Waals surface area contributed by atoms with Gasteiger partial charge < -0.3 is 14.4 Å². The van der Waals surface area contributed by atoms with Crippen LogP contribution in [-0.2, 0) is 4.79 Å². The van der Waals surface area contributed by atoms with E-state index in [1.807, 2.05) is 13.0 Å². The molecule has 0 spiro atoms. The first-order valence-corrected chi connectivity index (χ1v) is 8.61. The van der Waals surface area contributed by atoms with Gasteiger partial charge >= 0.3 is 0 Å². The monoisotopic (exact) mass is 361 g/mol. The van der Waals surface area contributed by atoms with Crippen molar-refractivity contribution < 1.29 is 14.3 Å². The van der Waals surface area contributed by atoms with Gasteiger partial charge in [0.15, 0.2) is 6.61 Å². The van der Waals surface area contributed by atoms with Crippen molar-refractivity contribution in [2.24, 2.45) is 0 Å². The van der Waals surface area contributed by atoms with Crippen molar-refractivity contribution in [3.63, 3.8) is 0 Å². The fourth-order valence-electron chi connectivity index (χ4n) is 2.65. The van der Waals surface area contributed by atoms with Gasteiger partial charge in [0.25, 0.3) is 5.91 Å². The Bertz CT molecular complexity index is 707. The van der Waals surface area contributed by atoms with E-state index in [9.17, 15) is 4.79 Å². The lowest BCUT2D eigenvalue weighted by molar-refractivity contribution is -0.136. The zero-order chi connectivity index (χ0) is 17.6. The van der Waals surface area contributed by atoms with Gasteiger partial charge in [0.2, 0.25) is 5.88 Å². The van der Waals surface area contributed by atoms with Gasteiger partial charge in [-0.15, -0.1) is 5.10 Å². The van der Waals surface area contributed by atoms with E-state index in [1.54, 1.807) is 35.2 Å². The number of amides is 1. The maximum Gasteiger partial charge on any atom is 0.260 e. The smallest absolute Gasteiger partial charge is 0.260 e. The largest absolute Gasteiger partial charge is 0.484 e. The minimum atomic E-state index is -0.0785. The molecule has 0 aliphatic carbocycles. The Morgan fingerprint density at radius 3 is 2.76 bits per heavy atom. The van der Waals surface area contributed by atoms with Crippen molar-refractivity contribution in [3.05, 3.63) is 47.1 Å². The molecule has 25 heavy (non-hydrogen) atoms. The lowest BCUT2D eigenvalue weighted by atomic mass is 10.1. The molecule has 2 heterocycles. The molecular formula is C18H20ClN3O3. The Kier molecular flexibility index (Phi) is 5.71. The fraction of sp³-hybridized carbons (Fsp3) is 0.389. The second-order valence-corrected chi connectivity index (χ2v) is 6.41. The SMILES string of the molecule is Cc1ccc(OC2CCCN(C(=O)COc3ccc(Cl)cc3)C2)nn1. The number of ether oxygens (including phenoxy) is 2. The topological polar surface area (TPSA) is 64.5 Å². The molecule has 1 atom stereocenters. The molecule has 1 aromatic heterocycles. The highest BCUT2D eigenvalue weighted by Gasteiger charge is 2.25. The third-order valence-electron chi connectivity index (χ3n) is 3.97. The highest BCUT2D eigenvalue weighted by Crippen LogP contribution is 2.18. The van der Waals surface area contributed by atoms with Gasteiger partial charge in [0.05, 0.1) is 12.2 Å². The Hall–Kier alpha value is -2.34. The van der Waals surface area contributed by atoms with Crippen LogP contribution in [0.2, 0.25) is 5.02 Å². The van der Waals surface area contributed by atoms with Crippen LogP contribution in [0.15, 0.2) is 36.4 Å². The van der Waals surface area contributed by atoms with Crippen molar-refractivity contribution in [2.45, 2.75) is 25.9 Å².